The van der Waals surface area contributed by atoms with Crippen LogP contribution >= 0.6 is 0 Å². The van der Waals surface area contributed by atoms with Gasteiger partial charge in [0.2, 0.25) is 0 Å². The summed E-state index contributed by atoms with van der Waals surface area (Å²) in [6.45, 7) is 3.90. The van der Waals surface area contributed by atoms with Crippen LogP contribution in [0.4, 0.5) is 4.79 Å². The molecule has 0 aliphatic rings. The first kappa shape index (κ1) is 18.5. The molecule has 1 aromatic rings. The summed E-state index contributed by atoms with van der Waals surface area (Å²) in [5, 5.41) is 8.86. The van der Waals surface area contributed by atoms with Crippen molar-refractivity contribution in [3.63, 3.8) is 0 Å². The molecule has 0 radical (unpaired) electrons. The Kier molecular flexibility index (Phi) is 6.56. The predicted octanol–water partition coefficient (Wildman–Crippen LogP) is 2.05. The molecular formula is C16H21NO6. The number of esters is 1. The monoisotopic (exact) mass is 323 g/mol. The van der Waals surface area contributed by atoms with Crippen LogP contribution in [0.2, 0.25) is 0 Å². The summed E-state index contributed by atoms with van der Waals surface area (Å²) in [6, 6.07) is 8.94. The highest BCUT2D eigenvalue weighted by molar-refractivity contribution is 5.82. The van der Waals surface area contributed by atoms with Gasteiger partial charge < -0.3 is 14.6 Å². The number of ether oxygens (including phenoxy) is 2. The molecule has 126 valence electrons. The number of carbonyl (C=O) groups excluding carboxylic acids is 2. The van der Waals surface area contributed by atoms with Crippen LogP contribution in [0.15, 0.2) is 30.3 Å². The molecule has 1 rings (SSSR count). The van der Waals surface area contributed by atoms with Crippen molar-refractivity contribution in [3.8, 4) is 0 Å². The number of rotatable bonds is 6. The van der Waals surface area contributed by atoms with E-state index >= 15 is 0 Å². The van der Waals surface area contributed by atoms with Gasteiger partial charge in [0.1, 0.15) is 25.3 Å². The fraction of sp³-hybridized carbons (Fsp3) is 0.438. The van der Waals surface area contributed by atoms with Gasteiger partial charge in [-0.15, -0.1) is 0 Å². The summed E-state index contributed by atoms with van der Waals surface area (Å²) in [6.07, 6.45) is -0.887. The van der Waals surface area contributed by atoms with E-state index in [0.29, 0.717) is 0 Å². The zero-order valence-corrected chi connectivity index (χ0v) is 13.4. The molecule has 0 saturated carbocycles. The number of hydrogen-bond acceptors (Lipinski definition) is 5. The highest BCUT2D eigenvalue weighted by Crippen LogP contribution is 2.09. The van der Waals surface area contributed by atoms with E-state index < -0.39 is 36.7 Å². The zero-order valence-electron chi connectivity index (χ0n) is 13.4. The molecule has 0 fully saturated rings. The number of hydrogen-bond donors (Lipinski definition) is 1. The van der Waals surface area contributed by atoms with Crippen LogP contribution < -0.4 is 0 Å². The first-order valence-corrected chi connectivity index (χ1v) is 7.06. The van der Waals surface area contributed by atoms with Crippen molar-refractivity contribution in [2.45, 2.75) is 33.0 Å². The highest BCUT2D eigenvalue weighted by Gasteiger charge is 2.24. The van der Waals surface area contributed by atoms with E-state index in [9.17, 15) is 14.4 Å². The molecule has 1 amide bonds. The van der Waals surface area contributed by atoms with Gasteiger partial charge in [-0.2, -0.15) is 0 Å². The van der Waals surface area contributed by atoms with Crippen molar-refractivity contribution in [2.75, 3.05) is 13.1 Å². The van der Waals surface area contributed by atoms with Crippen molar-refractivity contribution in [1.29, 1.82) is 0 Å². The first-order chi connectivity index (χ1) is 10.7. The number of carboxylic acids is 1. The Labute approximate surface area is 134 Å². The number of aliphatic carboxylic acids is 1. The first-order valence-electron chi connectivity index (χ1n) is 7.06. The molecule has 0 spiro atoms. The minimum Gasteiger partial charge on any atom is -0.480 e. The van der Waals surface area contributed by atoms with E-state index in [4.69, 9.17) is 14.6 Å². The smallest absolute Gasteiger partial charge is 0.411 e. The maximum atomic E-state index is 12.0. The summed E-state index contributed by atoms with van der Waals surface area (Å²) in [5.74, 6) is -1.94. The van der Waals surface area contributed by atoms with Gasteiger partial charge in [0.15, 0.2) is 0 Å². The minimum absolute atomic E-state index is 0.00981. The predicted molar refractivity (Wildman–Crippen MR) is 81.7 cm³/mol. The van der Waals surface area contributed by atoms with E-state index in [2.05, 4.69) is 0 Å². The van der Waals surface area contributed by atoms with Crippen molar-refractivity contribution in [2.24, 2.45) is 0 Å². The molecule has 0 atom stereocenters. The number of benzene rings is 1. The normalized spacial score (nSPS) is 10.7. The highest BCUT2D eigenvalue weighted by atomic mass is 16.6. The van der Waals surface area contributed by atoms with Crippen LogP contribution in [0.1, 0.15) is 26.3 Å². The van der Waals surface area contributed by atoms with Gasteiger partial charge in [-0.25, -0.2) is 4.79 Å². The van der Waals surface area contributed by atoms with Gasteiger partial charge in [0.05, 0.1) is 0 Å². The lowest BCUT2D eigenvalue weighted by molar-refractivity contribution is -0.156. The molecule has 0 aromatic heterocycles. The summed E-state index contributed by atoms with van der Waals surface area (Å²) < 4.78 is 10.1. The van der Waals surface area contributed by atoms with Crippen LogP contribution in [-0.4, -0.2) is 46.7 Å². The van der Waals surface area contributed by atoms with Gasteiger partial charge >= 0.3 is 18.0 Å². The third-order valence-electron chi connectivity index (χ3n) is 2.53. The third-order valence-corrected chi connectivity index (χ3v) is 2.53. The summed E-state index contributed by atoms with van der Waals surface area (Å²) in [4.78, 5) is 35.4. The molecule has 23 heavy (non-hydrogen) atoms. The Morgan fingerprint density at radius 1 is 1.09 bits per heavy atom. The molecule has 0 aliphatic heterocycles. The lowest BCUT2D eigenvalue weighted by Crippen LogP contribution is -2.41. The maximum Gasteiger partial charge on any atom is 0.411 e. The van der Waals surface area contributed by atoms with Gasteiger partial charge in [0.25, 0.3) is 0 Å². The molecular weight excluding hydrogens is 302 g/mol. The second kappa shape index (κ2) is 8.17. The van der Waals surface area contributed by atoms with E-state index in [1.54, 1.807) is 45.0 Å². The van der Waals surface area contributed by atoms with Crippen LogP contribution in [0, 0.1) is 0 Å². The fourth-order valence-electron chi connectivity index (χ4n) is 1.69. The van der Waals surface area contributed by atoms with Gasteiger partial charge in [-0.1, -0.05) is 30.3 Å². The van der Waals surface area contributed by atoms with Crippen molar-refractivity contribution < 1.29 is 29.0 Å². The van der Waals surface area contributed by atoms with Crippen LogP contribution in [0.25, 0.3) is 0 Å². The molecule has 1 N–H and O–H groups in total. The van der Waals surface area contributed by atoms with Crippen LogP contribution in [-0.2, 0) is 25.7 Å². The molecule has 7 nitrogen and oxygen atoms in total. The SMILES string of the molecule is CC(C)(C)OC(=O)CN(CC(=O)O)C(=O)OCc1ccccc1. The van der Waals surface area contributed by atoms with Gasteiger partial charge in [-0.3, -0.25) is 14.5 Å². The van der Waals surface area contributed by atoms with Gasteiger partial charge in [0, 0.05) is 0 Å². The van der Waals surface area contributed by atoms with E-state index in [1.165, 1.54) is 0 Å². The molecule has 7 heteroatoms. The second-order valence-electron chi connectivity index (χ2n) is 5.88. The van der Waals surface area contributed by atoms with Crippen LogP contribution in [0.5, 0.6) is 0 Å². The lowest BCUT2D eigenvalue weighted by Gasteiger charge is -2.23. The fourth-order valence-corrected chi connectivity index (χ4v) is 1.69. The van der Waals surface area contributed by atoms with E-state index in [-0.39, 0.29) is 6.61 Å². The topological polar surface area (TPSA) is 93.1 Å². The quantitative estimate of drug-likeness (QED) is 0.805. The largest absolute Gasteiger partial charge is 0.480 e. The van der Waals surface area contributed by atoms with Crippen molar-refractivity contribution >= 4 is 18.0 Å². The molecule has 0 heterocycles. The Hall–Kier alpha value is -2.57. The molecule has 0 unspecified atom stereocenters. The number of nitrogens with zero attached hydrogens (tertiary/aromatic N) is 1. The third kappa shape index (κ3) is 7.85. The maximum absolute atomic E-state index is 12.0. The van der Waals surface area contributed by atoms with E-state index in [1.807, 2.05) is 6.07 Å². The minimum atomic E-state index is -1.25. The van der Waals surface area contributed by atoms with Crippen molar-refractivity contribution in [3.05, 3.63) is 35.9 Å². The second-order valence-corrected chi connectivity index (χ2v) is 5.88. The molecule has 0 aliphatic carbocycles. The Bertz CT molecular complexity index is 549. The summed E-state index contributed by atoms with van der Waals surface area (Å²) in [7, 11) is 0. The molecule has 0 bridgehead atoms. The Morgan fingerprint density at radius 3 is 2.22 bits per heavy atom. The van der Waals surface area contributed by atoms with Crippen molar-refractivity contribution in [1.82, 2.24) is 4.90 Å². The van der Waals surface area contributed by atoms with E-state index in [0.717, 1.165) is 10.5 Å². The summed E-state index contributed by atoms with van der Waals surface area (Å²) >= 11 is 0. The average Bonchev–Trinajstić information content (AvgIpc) is 2.42. The molecule has 0 saturated heterocycles. The van der Waals surface area contributed by atoms with Gasteiger partial charge in [-0.05, 0) is 26.3 Å². The number of carbonyl (C=O) groups is 3. The number of amides is 1. The zero-order chi connectivity index (χ0) is 17.5. The number of carboxylic acid groups (broad SMARTS) is 1. The standard InChI is InChI=1S/C16H21NO6/c1-16(2,3)23-14(20)10-17(9-13(18)19)15(21)22-11-12-7-5-4-6-8-12/h4-8H,9-11H2,1-3H3,(H,18,19). The molecule has 1 aromatic carbocycles. The summed E-state index contributed by atoms with van der Waals surface area (Å²) in [5.41, 5.74) is 0.0355. The Balaban J connectivity index is 2.63. The van der Waals surface area contributed by atoms with Crippen LogP contribution in [0.3, 0.4) is 0 Å². The Morgan fingerprint density at radius 2 is 1.70 bits per heavy atom. The average molecular weight is 323 g/mol. The lowest BCUT2D eigenvalue weighted by atomic mass is 10.2.